The summed E-state index contributed by atoms with van der Waals surface area (Å²) in [6.07, 6.45) is 0.912. The Morgan fingerprint density at radius 1 is 1.32 bits per heavy atom. The Morgan fingerprint density at radius 2 is 2.00 bits per heavy atom. The van der Waals surface area contributed by atoms with E-state index in [9.17, 15) is 9.90 Å². The zero-order valence-corrected chi connectivity index (χ0v) is 15.6. The molecule has 0 saturated carbocycles. The number of hydrogen-bond acceptors (Lipinski definition) is 4. The summed E-state index contributed by atoms with van der Waals surface area (Å²) in [5, 5.41) is 18.7. The van der Waals surface area contributed by atoms with E-state index < -0.39 is 6.09 Å². The third-order valence-electron chi connectivity index (χ3n) is 4.78. The fraction of sp³-hybridized carbons (Fsp3) is 0.474. The van der Waals surface area contributed by atoms with E-state index in [-0.39, 0.29) is 12.0 Å². The molecule has 2 aromatic rings. The van der Waals surface area contributed by atoms with Gasteiger partial charge in [-0.05, 0) is 45.1 Å². The molecule has 0 radical (unpaired) electrons. The Balaban J connectivity index is 2.01. The van der Waals surface area contributed by atoms with Gasteiger partial charge in [0.25, 0.3) is 0 Å². The van der Waals surface area contributed by atoms with Crippen LogP contribution >= 0.6 is 11.3 Å². The van der Waals surface area contributed by atoms with E-state index in [1.54, 1.807) is 11.3 Å². The topological polar surface area (TPSA) is 74.2 Å². The lowest BCUT2D eigenvalue weighted by atomic mass is 9.79. The van der Waals surface area contributed by atoms with Gasteiger partial charge in [0.2, 0.25) is 0 Å². The number of aryl methyl sites for hydroxylation is 1. The molecule has 3 rings (SSSR count). The van der Waals surface area contributed by atoms with E-state index in [0.717, 1.165) is 34.7 Å². The van der Waals surface area contributed by atoms with Crippen LogP contribution in [0.4, 0.5) is 4.79 Å². The van der Waals surface area contributed by atoms with Gasteiger partial charge >= 0.3 is 6.09 Å². The van der Waals surface area contributed by atoms with Crippen LogP contribution in [0.25, 0.3) is 10.6 Å². The summed E-state index contributed by atoms with van der Waals surface area (Å²) in [5.41, 5.74) is 3.03. The number of hydrogen-bond donors (Lipinski definition) is 3. The van der Waals surface area contributed by atoms with Gasteiger partial charge in [-0.15, -0.1) is 11.3 Å². The fourth-order valence-electron chi connectivity index (χ4n) is 3.92. The van der Waals surface area contributed by atoms with Crippen molar-refractivity contribution >= 4 is 17.4 Å². The first-order valence-corrected chi connectivity index (χ1v) is 9.59. The zero-order valence-electron chi connectivity index (χ0n) is 14.8. The van der Waals surface area contributed by atoms with E-state index in [4.69, 9.17) is 0 Å². The van der Waals surface area contributed by atoms with Crippen molar-refractivity contribution in [3.8, 4) is 10.6 Å². The second-order valence-electron chi connectivity index (χ2n) is 7.01. The number of carboxylic acid groups (broad SMARTS) is 1. The molecule has 0 spiro atoms. The molecule has 5 nitrogen and oxygen atoms in total. The normalized spacial score (nSPS) is 24.7. The quantitative estimate of drug-likeness (QED) is 0.765. The van der Waals surface area contributed by atoms with Crippen molar-refractivity contribution < 1.29 is 9.90 Å². The first kappa shape index (κ1) is 17.9. The first-order chi connectivity index (χ1) is 11.9. The van der Waals surface area contributed by atoms with Gasteiger partial charge < -0.3 is 15.7 Å². The molecule has 0 aliphatic carbocycles. The monoisotopic (exact) mass is 359 g/mol. The van der Waals surface area contributed by atoms with Crippen LogP contribution in [0.5, 0.6) is 0 Å². The van der Waals surface area contributed by atoms with Crippen LogP contribution in [0, 0.1) is 12.8 Å². The van der Waals surface area contributed by atoms with E-state index in [0.29, 0.717) is 12.1 Å². The maximum absolute atomic E-state index is 11.5. The van der Waals surface area contributed by atoms with Crippen molar-refractivity contribution in [2.45, 2.75) is 51.7 Å². The Kier molecular flexibility index (Phi) is 5.39. The fourth-order valence-corrected chi connectivity index (χ4v) is 4.77. The van der Waals surface area contributed by atoms with Crippen LogP contribution in [0.3, 0.4) is 0 Å². The van der Waals surface area contributed by atoms with E-state index in [2.05, 4.69) is 29.5 Å². The zero-order chi connectivity index (χ0) is 18.0. The molecule has 1 saturated heterocycles. The van der Waals surface area contributed by atoms with Gasteiger partial charge in [-0.1, -0.05) is 24.3 Å². The molecular weight excluding hydrogens is 334 g/mol. The Hall–Kier alpha value is -1.92. The number of piperidine rings is 1. The van der Waals surface area contributed by atoms with Crippen molar-refractivity contribution in [3.63, 3.8) is 0 Å². The van der Waals surface area contributed by atoms with Crippen LogP contribution in [0.2, 0.25) is 0 Å². The van der Waals surface area contributed by atoms with Gasteiger partial charge in [0.1, 0.15) is 5.01 Å². The van der Waals surface area contributed by atoms with Crippen molar-refractivity contribution in [1.29, 1.82) is 0 Å². The molecule has 1 aromatic carbocycles. The molecule has 2 heterocycles. The summed E-state index contributed by atoms with van der Waals surface area (Å²) < 4.78 is 0. The van der Waals surface area contributed by atoms with Gasteiger partial charge in [-0.25, -0.2) is 9.78 Å². The maximum Gasteiger partial charge on any atom is 0.405 e. The minimum Gasteiger partial charge on any atom is -0.465 e. The number of amides is 1. The molecule has 1 aliphatic heterocycles. The number of nitrogens with one attached hydrogen (secondary N) is 2. The van der Waals surface area contributed by atoms with Gasteiger partial charge in [0.15, 0.2) is 0 Å². The molecule has 1 aromatic heterocycles. The Bertz CT molecular complexity index is 736. The molecule has 0 bridgehead atoms. The number of nitrogens with zero attached hydrogens (tertiary/aromatic N) is 1. The summed E-state index contributed by atoms with van der Waals surface area (Å²) in [6, 6.07) is 8.56. The second kappa shape index (κ2) is 7.54. The first-order valence-electron chi connectivity index (χ1n) is 8.71. The van der Waals surface area contributed by atoms with Crippen LogP contribution < -0.4 is 10.6 Å². The summed E-state index contributed by atoms with van der Waals surface area (Å²) in [4.78, 5) is 16.1. The summed E-state index contributed by atoms with van der Waals surface area (Å²) in [6.45, 7) is 6.30. The molecule has 1 unspecified atom stereocenters. The summed E-state index contributed by atoms with van der Waals surface area (Å²) in [7, 11) is 0. The SMILES string of the molecule is Cc1csc(-c2ccccc2C(NC(=O)O)C2C[C@@H](C)N[C@H](C)C2)n1. The largest absolute Gasteiger partial charge is 0.465 e. The molecule has 134 valence electrons. The second-order valence-corrected chi connectivity index (χ2v) is 7.87. The standard InChI is InChI=1S/C19H25N3O2S/c1-11-8-14(9-12(2)20-11)17(22-19(23)24)15-6-4-5-7-16(15)18-21-13(3)10-25-18/h4-7,10-12,14,17,20,22H,8-9H2,1-3H3,(H,23,24)/t11-,12-,17?/m1/s1. The van der Waals surface area contributed by atoms with Crippen LogP contribution in [-0.2, 0) is 0 Å². The molecule has 3 N–H and O–H groups in total. The van der Waals surface area contributed by atoms with Gasteiger partial charge in [0, 0.05) is 28.7 Å². The van der Waals surface area contributed by atoms with Gasteiger partial charge in [0.05, 0.1) is 6.04 Å². The van der Waals surface area contributed by atoms with Crippen molar-refractivity contribution in [1.82, 2.24) is 15.6 Å². The number of aromatic nitrogens is 1. The number of benzene rings is 1. The number of carbonyl (C=O) groups is 1. The Labute approximate surface area is 152 Å². The average molecular weight is 359 g/mol. The third kappa shape index (κ3) is 4.19. The van der Waals surface area contributed by atoms with E-state index in [1.807, 2.05) is 36.6 Å². The van der Waals surface area contributed by atoms with E-state index in [1.165, 1.54) is 0 Å². The minimum absolute atomic E-state index is 0.232. The minimum atomic E-state index is -0.978. The molecule has 1 aliphatic rings. The van der Waals surface area contributed by atoms with Gasteiger partial charge in [-0.2, -0.15) is 0 Å². The molecule has 1 amide bonds. The highest BCUT2D eigenvalue weighted by Gasteiger charge is 2.33. The van der Waals surface area contributed by atoms with Crippen molar-refractivity contribution in [3.05, 3.63) is 40.9 Å². The summed E-state index contributed by atoms with van der Waals surface area (Å²) >= 11 is 1.60. The molecule has 6 heteroatoms. The van der Waals surface area contributed by atoms with Crippen LogP contribution in [0.15, 0.2) is 29.6 Å². The maximum atomic E-state index is 11.5. The predicted octanol–water partition coefficient (Wildman–Crippen LogP) is 4.20. The Morgan fingerprint density at radius 3 is 2.60 bits per heavy atom. The molecule has 1 fully saturated rings. The summed E-state index contributed by atoms with van der Waals surface area (Å²) in [5.74, 6) is 0.254. The third-order valence-corrected chi connectivity index (χ3v) is 5.77. The average Bonchev–Trinajstić information content (AvgIpc) is 2.98. The lowest BCUT2D eigenvalue weighted by Gasteiger charge is -2.38. The van der Waals surface area contributed by atoms with E-state index >= 15 is 0 Å². The molecule has 3 atom stereocenters. The van der Waals surface area contributed by atoms with Crippen LogP contribution in [0.1, 0.15) is 44.0 Å². The number of rotatable bonds is 4. The molecular formula is C19H25N3O2S. The number of thiazole rings is 1. The van der Waals surface area contributed by atoms with Crippen molar-refractivity contribution in [2.24, 2.45) is 5.92 Å². The highest BCUT2D eigenvalue weighted by Crippen LogP contribution is 2.38. The lowest BCUT2D eigenvalue weighted by molar-refractivity contribution is 0.169. The highest BCUT2D eigenvalue weighted by molar-refractivity contribution is 7.13. The molecule has 25 heavy (non-hydrogen) atoms. The van der Waals surface area contributed by atoms with Crippen LogP contribution in [-0.4, -0.2) is 28.3 Å². The smallest absolute Gasteiger partial charge is 0.405 e. The predicted molar refractivity (Wildman–Crippen MR) is 101 cm³/mol. The van der Waals surface area contributed by atoms with Gasteiger partial charge in [-0.3, -0.25) is 0 Å². The lowest BCUT2D eigenvalue weighted by Crippen LogP contribution is -2.46. The van der Waals surface area contributed by atoms with Crippen molar-refractivity contribution in [2.75, 3.05) is 0 Å². The highest BCUT2D eigenvalue weighted by atomic mass is 32.1.